The number of hydrogen-bond donors (Lipinski definition) is 1. The van der Waals surface area contributed by atoms with Crippen molar-refractivity contribution in [3.63, 3.8) is 0 Å². The molecular weight excluding hydrogens is 410 g/mol. The van der Waals surface area contributed by atoms with Crippen molar-refractivity contribution in [1.82, 2.24) is 15.0 Å². The molecule has 2 amide bonds. The summed E-state index contributed by atoms with van der Waals surface area (Å²) >= 11 is 3.40. The second kappa shape index (κ2) is 7.32. The van der Waals surface area contributed by atoms with Crippen molar-refractivity contribution in [3.8, 4) is 5.69 Å². The van der Waals surface area contributed by atoms with Gasteiger partial charge in [0.15, 0.2) is 5.82 Å². The molecule has 1 aliphatic heterocycles. The van der Waals surface area contributed by atoms with Crippen LogP contribution in [0.2, 0.25) is 0 Å². The van der Waals surface area contributed by atoms with Gasteiger partial charge in [0.1, 0.15) is 5.92 Å². The number of nitrogens with one attached hydrogen (secondary N) is 1. The first-order valence-electron chi connectivity index (χ1n) is 8.47. The maximum absolute atomic E-state index is 12.7. The largest absolute Gasteiger partial charge is 0.312 e. The van der Waals surface area contributed by atoms with Crippen molar-refractivity contribution in [2.24, 2.45) is 5.92 Å². The Morgan fingerprint density at radius 3 is 2.67 bits per heavy atom. The molecule has 7 nitrogen and oxygen atoms in total. The van der Waals surface area contributed by atoms with E-state index in [2.05, 4.69) is 31.4 Å². The molecule has 0 saturated carbocycles. The molecule has 0 aliphatic carbocycles. The summed E-state index contributed by atoms with van der Waals surface area (Å²) in [5, 5.41) is 11.1. The topological polar surface area (TPSA) is 80.1 Å². The third-order valence-corrected chi connectivity index (χ3v) is 4.87. The summed E-state index contributed by atoms with van der Waals surface area (Å²) in [5.74, 6) is -0.984. The van der Waals surface area contributed by atoms with Gasteiger partial charge in [0.2, 0.25) is 11.8 Å². The van der Waals surface area contributed by atoms with Crippen LogP contribution in [0.1, 0.15) is 6.42 Å². The normalized spacial score (nSPS) is 16.6. The Labute approximate surface area is 164 Å². The fourth-order valence-corrected chi connectivity index (χ4v) is 3.43. The van der Waals surface area contributed by atoms with Gasteiger partial charge in [-0.15, -0.1) is 9.90 Å². The second-order valence-corrected chi connectivity index (χ2v) is 7.07. The molecule has 3 aromatic rings. The molecule has 0 bridgehead atoms. The summed E-state index contributed by atoms with van der Waals surface area (Å²) < 4.78 is 0.887. The van der Waals surface area contributed by atoms with Gasteiger partial charge in [-0.25, -0.2) is 0 Å². The van der Waals surface area contributed by atoms with Crippen molar-refractivity contribution >= 4 is 39.2 Å². The van der Waals surface area contributed by atoms with Gasteiger partial charge in [-0.05, 0) is 36.8 Å². The summed E-state index contributed by atoms with van der Waals surface area (Å²) in [7, 11) is 0. The maximum atomic E-state index is 12.7. The molecule has 0 radical (unpaired) electrons. The lowest BCUT2D eigenvalue weighted by Crippen LogP contribution is -2.33. The third kappa shape index (κ3) is 3.61. The Morgan fingerprint density at radius 1 is 1.11 bits per heavy atom. The van der Waals surface area contributed by atoms with Gasteiger partial charge in [0.25, 0.3) is 0 Å². The highest BCUT2D eigenvalue weighted by Gasteiger charge is 2.37. The van der Waals surface area contributed by atoms with E-state index in [1.54, 1.807) is 4.90 Å². The van der Waals surface area contributed by atoms with Crippen LogP contribution >= 0.6 is 15.9 Å². The SMILES string of the molecule is O=C(Nc1cnn(-c2ccccc2)n1)[C@H]1CCN(c2cccc(Br)c2)C1=O. The Morgan fingerprint density at radius 2 is 1.89 bits per heavy atom. The van der Waals surface area contributed by atoms with Gasteiger partial charge in [-0.1, -0.05) is 40.2 Å². The van der Waals surface area contributed by atoms with E-state index < -0.39 is 5.92 Å². The van der Waals surface area contributed by atoms with Crippen LogP contribution < -0.4 is 10.2 Å². The molecule has 1 fully saturated rings. The molecule has 8 heteroatoms. The minimum Gasteiger partial charge on any atom is -0.312 e. The van der Waals surface area contributed by atoms with Crippen LogP contribution in [0.4, 0.5) is 11.5 Å². The minimum absolute atomic E-state index is 0.207. The number of carbonyl (C=O) groups excluding carboxylic acids is 2. The van der Waals surface area contributed by atoms with Crippen molar-refractivity contribution in [1.29, 1.82) is 0 Å². The molecule has 136 valence electrons. The van der Waals surface area contributed by atoms with E-state index in [0.717, 1.165) is 15.8 Å². The van der Waals surface area contributed by atoms with E-state index >= 15 is 0 Å². The number of halogens is 1. The number of para-hydroxylation sites is 1. The highest BCUT2D eigenvalue weighted by atomic mass is 79.9. The van der Waals surface area contributed by atoms with Gasteiger partial charge in [0, 0.05) is 16.7 Å². The van der Waals surface area contributed by atoms with Crippen molar-refractivity contribution in [3.05, 3.63) is 65.3 Å². The average Bonchev–Trinajstić information content (AvgIpc) is 3.29. The molecule has 1 aliphatic rings. The zero-order valence-electron chi connectivity index (χ0n) is 14.2. The summed E-state index contributed by atoms with van der Waals surface area (Å²) in [6, 6.07) is 16.9. The maximum Gasteiger partial charge on any atom is 0.239 e. The van der Waals surface area contributed by atoms with Gasteiger partial charge in [-0.3, -0.25) is 9.59 Å². The van der Waals surface area contributed by atoms with Crippen LogP contribution in [0.3, 0.4) is 0 Å². The summed E-state index contributed by atoms with van der Waals surface area (Å²) in [5.41, 5.74) is 1.57. The quantitative estimate of drug-likeness (QED) is 0.651. The van der Waals surface area contributed by atoms with Crippen molar-refractivity contribution in [2.75, 3.05) is 16.8 Å². The number of amides is 2. The van der Waals surface area contributed by atoms with E-state index in [0.29, 0.717) is 18.8 Å². The molecule has 0 unspecified atom stereocenters. The van der Waals surface area contributed by atoms with Crippen LogP contribution in [0.15, 0.2) is 65.3 Å². The van der Waals surface area contributed by atoms with Gasteiger partial charge >= 0.3 is 0 Å². The van der Waals surface area contributed by atoms with Gasteiger partial charge in [-0.2, -0.15) is 5.10 Å². The zero-order chi connectivity index (χ0) is 18.8. The second-order valence-electron chi connectivity index (χ2n) is 6.16. The van der Waals surface area contributed by atoms with Gasteiger partial charge < -0.3 is 10.2 Å². The predicted molar refractivity (Wildman–Crippen MR) is 105 cm³/mol. The van der Waals surface area contributed by atoms with Crippen molar-refractivity contribution in [2.45, 2.75) is 6.42 Å². The third-order valence-electron chi connectivity index (χ3n) is 4.37. The fourth-order valence-electron chi connectivity index (χ4n) is 3.04. The van der Waals surface area contributed by atoms with E-state index in [1.165, 1.54) is 11.0 Å². The first-order chi connectivity index (χ1) is 13.1. The lowest BCUT2D eigenvalue weighted by molar-refractivity contribution is -0.129. The number of aromatic nitrogens is 3. The molecule has 1 saturated heterocycles. The molecule has 4 rings (SSSR count). The number of carbonyl (C=O) groups is 2. The summed E-state index contributed by atoms with van der Waals surface area (Å²) in [4.78, 5) is 28.3. The highest BCUT2D eigenvalue weighted by Crippen LogP contribution is 2.28. The smallest absolute Gasteiger partial charge is 0.239 e. The zero-order valence-corrected chi connectivity index (χ0v) is 15.8. The Kier molecular flexibility index (Phi) is 4.72. The minimum atomic E-state index is -0.731. The molecule has 1 N–H and O–H groups in total. The van der Waals surface area contributed by atoms with E-state index in [-0.39, 0.29) is 11.8 Å². The number of anilines is 2. The average molecular weight is 426 g/mol. The number of nitrogens with zero attached hydrogens (tertiary/aromatic N) is 4. The lowest BCUT2D eigenvalue weighted by Gasteiger charge is -2.16. The van der Waals surface area contributed by atoms with Crippen LogP contribution in [0.25, 0.3) is 5.69 Å². The van der Waals surface area contributed by atoms with Crippen LogP contribution in [-0.4, -0.2) is 33.4 Å². The number of benzene rings is 2. The molecule has 2 heterocycles. The molecule has 27 heavy (non-hydrogen) atoms. The molecular formula is C19H16BrN5O2. The van der Waals surface area contributed by atoms with E-state index in [1.807, 2.05) is 54.6 Å². The predicted octanol–water partition coefficient (Wildman–Crippen LogP) is 3.02. The standard InChI is InChI=1S/C19H16BrN5O2/c20-13-5-4-8-15(11-13)24-10-9-16(19(24)27)18(26)22-17-12-21-25(23-17)14-6-2-1-3-7-14/h1-8,11-12,16H,9-10H2,(H,22,23,26)/t16-/m1/s1. The highest BCUT2D eigenvalue weighted by molar-refractivity contribution is 9.10. The van der Waals surface area contributed by atoms with Gasteiger partial charge in [0.05, 0.1) is 11.9 Å². The van der Waals surface area contributed by atoms with E-state index in [9.17, 15) is 9.59 Å². The monoisotopic (exact) mass is 425 g/mol. The first kappa shape index (κ1) is 17.4. The number of rotatable bonds is 4. The number of hydrogen-bond acceptors (Lipinski definition) is 4. The Bertz CT molecular complexity index is 989. The molecule has 1 atom stereocenters. The van der Waals surface area contributed by atoms with Crippen LogP contribution in [0.5, 0.6) is 0 Å². The summed E-state index contributed by atoms with van der Waals surface area (Å²) in [6.07, 6.45) is 1.93. The van der Waals surface area contributed by atoms with Crippen LogP contribution in [-0.2, 0) is 9.59 Å². The van der Waals surface area contributed by atoms with E-state index in [4.69, 9.17) is 0 Å². The first-order valence-corrected chi connectivity index (χ1v) is 9.27. The molecule has 1 aromatic heterocycles. The Hall–Kier alpha value is -3.00. The summed E-state index contributed by atoms with van der Waals surface area (Å²) in [6.45, 7) is 0.504. The lowest BCUT2D eigenvalue weighted by atomic mass is 10.1. The van der Waals surface area contributed by atoms with Crippen molar-refractivity contribution < 1.29 is 9.59 Å². The Balaban J connectivity index is 1.45. The molecule has 0 spiro atoms. The van der Waals surface area contributed by atoms with Crippen LogP contribution in [0, 0.1) is 5.92 Å². The molecule has 2 aromatic carbocycles. The fraction of sp³-hybridized carbons (Fsp3) is 0.158.